The molecule has 0 N–H and O–H groups in total. The molecule has 1 amide bonds. The molecular weight excluding hydrogens is 342 g/mol. The van der Waals surface area contributed by atoms with Gasteiger partial charge in [-0.25, -0.2) is 0 Å². The van der Waals surface area contributed by atoms with Gasteiger partial charge in [-0.2, -0.15) is 0 Å². The second kappa shape index (κ2) is 8.50. The number of methoxy groups -OCH3 is 1. The number of benzene rings is 2. The van der Waals surface area contributed by atoms with Crippen LogP contribution in [0.15, 0.2) is 72.1 Å². The number of carbonyl (C=O) groups is 1. The van der Waals surface area contributed by atoms with Gasteiger partial charge in [-0.3, -0.25) is 4.79 Å². The van der Waals surface area contributed by atoms with Crippen molar-refractivity contribution in [3.8, 4) is 5.75 Å². The van der Waals surface area contributed by atoms with Gasteiger partial charge in [0.2, 0.25) is 0 Å². The number of hydrogen-bond acceptors (Lipinski definition) is 3. The SMILES string of the molecule is COc1cccc(/C=C(/C(=O)N(C)Cc2cccs2)c2ccccc2)c1. The van der Waals surface area contributed by atoms with Crippen molar-refractivity contribution in [2.75, 3.05) is 14.2 Å². The van der Waals surface area contributed by atoms with E-state index in [4.69, 9.17) is 4.74 Å². The molecule has 0 bridgehead atoms. The van der Waals surface area contributed by atoms with Crippen LogP contribution in [0.2, 0.25) is 0 Å². The second-order valence-electron chi connectivity index (χ2n) is 5.94. The van der Waals surface area contributed by atoms with Gasteiger partial charge in [-0.15, -0.1) is 11.3 Å². The summed E-state index contributed by atoms with van der Waals surface area (Å²) >= 11 is 1.66. The normalized spacial score (nSPS) is 11.2. The van der Waals surface area contributed by atoms with Gasteiger partial charge >= 0.3 is 0 Å². The number of likely N-dealkylation sites (N-methyl/N-ethyl adjacent to an activating group) is 1. The minimum absolute atomic E-state index is 0.00702. The highest BCUT2D eigenvalue weighted by atomic mass is 32.1. The summed E-state index contributed by atoms with van der Waals surface area (Å²) in [7, 11) is 3.48. The van der Waals surface area contributed by atoms with E-state index in [0.717, 1.165) is 21.8 Å². The summed E-state index contributed by atoms with van der Waals surface area (Å²) in [5, 5.41) is 2.03. The number of nitrogens with zero attached hydrogens (tertiary/aromatic N) is 1. The Hall–Kier alpha value is -2.85. The predicted molar refractivity (Wildman–Crippen MR) is 108 cm³/mol. The first-order chi connectivity index (χ1) is 12.7. The lowest BCUT2D eigenvalue weighted by molar-refractivity contribution is -0.124. The molecule has 0 fully saturated rings. The largest absolute Gasteiger partial charge is 0.497 e. The molecule has 0 saturated heterocycles. The minimum atomic E-state index is -0.00702. The van der Waals surface area contributed by atoms with E-state index >= 15 is 0 Å². The van der Waals surface area contributed by atoms with Crippen molar-refractivity contribution in [2.45, 2.75) is 6.54 Å². The van der Waals surface area contributed by atoms with Crippen LogP contribution in [-0.4, -0.2) is 25.0 Å². The molecule has 1 aromatic heterocycles. The number of carbonyl (C=O) groups excluding carboxylic acids is 1. The van der Waals surface area contributed by atoms with Crippen LogP contribution >= 0.6 is 11.3 Å². The molecule has 132 valence electrons. The van der Waals surface area contributed by atoms with Gasteiger partial charge in [0.15, 0.2) is 0 Å². The van der Waals surface area contributed by atoms with E-state index in [1.807, 2.05) is 85.2 Å². The zero-order chi connectivity index (χ0) is 18.4. The Bertz CT molecular complexity index is 886. The van der Waals surface area contributed by atoms with Gasteiger partial charge in [0.1, 0.15) is 5.75 Å². The van der Waals surface area contributed by atoms with E-state index in [-0.39, 0.29) is 5.91 Å². The molecule has 0 spiro atoms. The third-order valence-corrected chi connectivity index (χ3v) is 4.90. The van der Waals surface area contributed by atoms with E-state index in [2.05, 4.69) is 0 Å². The van der Waals surface area contributed by atoms with Crippen LogP contribution in [0.1, 0.15) is 16.0 Å². The predicted octanol–water partition coefficient (Wildman–Crippen LogP) is 4.96. The standard InChI is InChI=1S/C22H21NO2S/c1-23(16-20-12-7-13-26-20)22(24)21(18-9-4-3-5-10-18)15-17-8-6-11-19(14-17)25-2/h3-15H,16H2,1-2H3/b21-15+. The topological polar surface area (TPSA) is 29.5 Å². The fourth-order valence-electron chi connectivity index (χ4n) is 2.70. The number of hydrogen-bond donors (Lipinski definition) is 0. The summed E-state index contributed by atoms with van der Waals surface area (Å²) in [6.45, 7) is 0.596. The third kappa shape index (κ3) is 4.41. The second-order valence-corrected chi connectivity index (χ2v) is 6.97. The van der Waals surface area contributed by atoms with Gasteiger partial charge < -0.3 is 9.64 Å². The molecule has 0 aliphatic heterocycles. The van der Waals surface area contributed by atoms with Crippen molar-refractivity contribution in [3.05, 3.63) is 88.1 Å². The van der Waals surface area contributed by atoms with Crippen molar-refractivity contribution in [1.29, 1.82) is 0 Å². The Morgan fingerprint density at radius 3 is 2.58 bits per heavy atom. The lowest BCUT2D eigenvalue weighted by Crippen LogP contribution is -2.26. The zero-order valence-electron chi connectivity index (χ0n) is 14.9. The first-order valence-electron chi connectivity index (χ1n) is 8.36. The quantitative estimate of drug-likeness (QED) is 0.458. The number of amides is 1. The molecule has 0 unspecified atom stereocenters. The van der Waals surface area contributed by atoms with Crippen LogP contribution < -0.4 is 4.74 Å². The summed E-state index contributed by atoms with van der Waals surface area (Å²) in [5.74, 6) is 0.762. The van der Waals surface area contributed by atoms with E-state index in [1.165, 1.54) is 0 Å². The number of rotatable bonds is 6. The Labute approximate surface area is 158 Å². The molecule has 26 heavy (non-hydrogen) atoms. The van der Waals surface area contributed by atoms with Gasteiger partial charge in [0.05, 0.1) is 13.7 Å². The lowest BCUT2D eigenvalue weighted by atomic mass is 10.0. The van der Waals surface area contributed by atoms with Gasteiger partial charge in [-0.1, -0.05) is 48.5 Å². The molecule has 0 aliphatic carbocycles. The van der Waals surface area contributed by atoms with Gasteiger partial charge in [-0.05, 0) is 40.8 Å². The Kier molecular flexibility index (Phi) is 5.87. The minimum Gasteiger partial charge on any atom is -0.497 e. The zero-order valence-corrected chi connectivity index (χ0v) is 15.7. The van der Waals surface area contributed by atoms with Crippen LogP contribution in [0.25, 0.3) is 11.6 Å². The molecule has 3 rings (SSSR count). The molecule has 4 heteroatoms. The maximum atomic E-state index is 13.2. The van der Waals surface area contributed by atoms with Gasteiger partial charge in [0, 0.05) is 17.5 Å². The summed E-state index contributed by atoms with van der Waals surface area (Å²) in [4.78, 5) is 16.1. The molecule has 2 aromatic carbocycles. The highest BCUT2D eigenvalue weighted by molar-refractivity contribution is 7.09. The molecular formula is C22H21NO2S. The number of thiophene rings is 1. The monoisotopic (exact) mass is 363 g/mol. The molecule has 1 heterocycles. The van der Waals surface area contributed by atoms with Crippen LogP contribution in [0, 0.1) is 0 Å². The average molecular weight is 363 g/mol. The molecule has 0 radical (unpaired) electrons. The van der Waals surface area contributed by atoms with Crippen LogP contribution in [0.5, 0.6) is 5.75 Å². The number of ether oxygens (including phenoxy) is 1. The third-order valence-electron chi connectivity index (χ3n) is 4.04. The van der Waals surface area contributed by atoms with E-state index in [0.29, 0.717) is 12.1 Å². The Balaban J connectivity index is 1.95. The van der Waals surface area contributed by atoms with Crippen molar-refractivity contribution in [2.24, 2.45) is 0 Å². The van der Waals surface area contributed by atoms with E-state index in [9.17, 15) is 4.79 Å². The molecule has 0 saturated carbocycles. The fraction of sp³-hybridized carbons (Fsp3) is 0.136. The fourth-order valence-corrected chi connectivity index (χ4v) is 3.46. The smallest absolute Gasteiger partial charge is 0.254 e. The van der Waals surface area contributed by atoms with Crippen LogP contribution in [-0.2, 0) is 11.3 Å². The van der Waals surface area contributed by atoms with E-state index < -0.39 is 0 Å². The maximum Gasteiger partial charge on any atom is 0.254 e. The van der Waals surface area contributed by atoms with Crippen molar-refractivity contribution < 1.29 is 9.53 Å². The Morgan fingerprint density at radius 1 is 1.08 bits per heavy atom. The first-order valence-corrected chi connectivity index (χ1v) is 9.24. The summed E-state index contributed by atoms with van der Waals surface area (Å²) < 4.78 is 5.30. The van der Waals surface area contributed by atoms with Crippen LogP contribution in [0.4, 0.5) is 0 Å². The highest BCUT2D eigenvalue weighted by Crippen LogP contribution is 2.23. The van der Waals surface area contributed by atoms with Crippen LogP contribution in [0.3, 0.4) is 0 Å². The summed E-state index contributed by atoms with van der Waals surface area (Å²) in [5.41, 5.74) is 2.50. The molecule has 0 aliphatic rings. The molecule has 3 aromatic rings. The summed E-state index contributed by atoms with van der Waals surface area (Å²) in [6.07, 6.45) is 1.92. The lowest BCUT2D eigenvalue weighted by Gasteiger charge is -2.19. The van der Waals surface area contributed by atoms with Crippen molar-refractivity contribution in [1.82, 2.24) is 4.90 Å². The first kappa shape index (κ1) is 18.0. The Morgan fingerprint density at radius 2 is 1.88 bits per heavy atom. The highest BCUT2D eigenvalue weighted by Gasteiger charge is 2.17. The maximum absolute atomic E-state index is 13.2. The molecule has 3 nitrogen and oxygen atoms in total. The van der Waals surface area contributed by atoms with E-state index in [1.54, 1.807) is 23.3 Å². The summed E-state index contributed by atoms with van der Waals surface area (Å²) in [6, 6.07) is 21.5. The van der Waals surface area contributed by atoms with Crippen molar-refractivity contribution >= 4 is 28.9 Å². The average Bonchev–Trinajstić information content (AvgIpc) is 3.19. The molecule has 0 atom stereocenters. The van der Waals surface area contributed by atoms with Crippen molar-refractivity contribution in [3.63, 3.8) is 0 Å². The van der Waals surface area contributed by atoms with Gasteiger partial charge in [0.25, 0.3) is 5.91 Å².